The predicted molar refractivity (Wildman–Crippen MR) is 82.7 cm³/mol. The average molecular weight is 272 g/mol. The lowest BCUT2D eigenvalue weighted by atomic mass is 10.1. The van der Waals surface area contributed by atoms with Gasteiger partial charge in [0.15, 0.2) is 0 Å². The molecule has 0 amide bonds. The van der Waals surface area contributed by atoms with Crippen molar-refractivity contribution in [2.24, 2.45) is 0 Å². The Labute approximate surface area is 119 Å². The molecule has 0 aromatic heterocycles. The van der Waals surface area contributed by atoms with Crippen LogP contribution in [-0.4, -0.2) is 17.0 Å². The van der Waals surface area contributed by atoms with Gasteiger partial charge in [-0.2, -0.15) is 0 Å². The van der Waals surface area contributed by atoms with Gasteiger partial charge in [-0.05, 0) is 37.5 Å². The SMILES string of the molecule is Cc1ccc(SCC(O)CCc2ccccc2)cc1. The van der Waals surface area contributed by atoms with Gasteiger partial charge in [0.25, 0.3) is 0 Å². The van der Waals surface area contributed by atoms with Gasteiger partial charge in [-0.25, -0.2) is 0 Å². The van der Waals surface area contributed by atoms with Gasteiger partial charge in [-0.15, -0.1) is 11.8 Å². The van der Waals surface area contributed by atoms with Crippen LogP contribution in [0, 0.1) is 6.92 Å². The van der Waals surface area contributed by atoms with E-state index in [1.807, 2.05) is 18.2 Å². The Morgan fingerprint density at radius 2 is 1.68 bits per heavy atom. The lowest BCUT2D eigenvalue weighted by molar-refractivity contribution is 0.189. The maximum absolute atomic E-state index is 10.0. The monoisotopic (exact) mass is 272 g/mol. The van der Waals surface area contributed by atoms with Crippen LogP contribution in [0.5, 0.6) is 0 Å². The van der Waals surface area contributed by atoms with Crippen molar-refractivity contribution in [1.29, 1.82) is 0 Å². The smallest absolute Gasteiger partial charge is 0.0637 e. The number of aliphatic hydroxyl groups excluding tert-OH is 1. The molecule has 0 spiro atoms. The second kappa shape index (κ2) is 7.37. The lowest BCUT2D eigenvalue weighted by Gasteiger charge is -2.10. The minimum atomic E-state index is -0.244. The van der Waals surface area contributed by atoms with Gasteiger partial charge in [0.1, 0.15) is 0 Å². The molecule has 0 aliphatic heterocycles. The van der Waals surface area contributed by atoms with Crippen molar-refractivity contribution in [1.82, 2.24) is 0 Å². The van der Waals surface area contributed by atoms with Crippen LogP contribution in [0.4, 0.5) is 0 Å². The fourth-order valence-electron chi connectivity index (χ4n) is 1.89. The summed E-state index contributed by atoms with van der Waals surface area (Å²) in [6.07, 6.45) is 1.52. The zero-order chi connectivity index (χ0) is 13.5. The summed E-state index contributed by atoms with van der Waals surface area (Å²) in [7, 11) is 0. The van der Waals surface area contributed by atoms with Gasteiger partial charge in [0, 0.05) is 10.6 Å². The quantitative estimate of drug-likeness (QED) is 0.800. The maximum Gasteiger partial charge on any atom is 0.0637 e. The first-order valence-electron chi connectivity index (χ1n) is 6.65. The highest BCUT2D eigenvalue weighted by Gasteiger charge is 2.05. The van der Waals surface area contributed by atoms with Crippen molar-refractivity contribution < 1.29 is 5.11 Å². The van der Waals surface area contributed by atoms with Gasteiger partial charge in [0.05, 0.1) is 6.10 Å². The molecule has 0 radical (unpaired) electrons. The fraction of sp³-hybridized carbons (Fsp3) is 0.294. The normalized spacial score (nSPS) is 12.3. The van der Waals surface area contributed by atoms with Crippen LogP contribution in [0.25, 0.3) is 0 Å². The molecule has 1 nitrogen and oxygen atoms in total. The highest BCUT2D eigenvalue weighted by atomic mass is 32.2. The Kier molecular flexibility index (Phi) is 5.49. The summed E-state index contributed by atoms with van der Waals surface area (Å²) in [5, 5.41) is 10.0. The van der Waals surface area contributed by atoms with Gasteiger partial charge in [-0.1, -0.05) is 48.0 Å². The molecule has 2 rings (SSSR count). The van der Waals surface area contributed by atoms with Crippen molar-refractivity contribution in [3.05, 3.63) is 65.7 Å². The molecule has 0 aliphatic rings. The molecule has 0 bridgehead atoms. The molecule has 19 heavy (non-hydrogen) atoms. The Morgan fingerprint density at radius 1 is 1.00 bits per heavy atom. The lowest BCUT2D eigenvalue weighted by Crippen LogP contribution is -2.10. The summed E-state index contributed by atoms with van der Waals surface area (Å²) >= 11 is 1.72. The molecular weight excluding hydrogens is 252 g/mol. The van der Waals surface area contributed by atoms with E-state index in [1.54, 1.807) is 11.8 Å². The van der Waals surface area contributed by atoms with Gasteiger partial charge in [-0.3, -0.25) is 0 Å². The molecule has 1 unspecified atom stereocenters. The maximum atomic E-state index is 10.0. The van der Waals surface area contributed by atoms with Gasteiger partial charge < -0.3 is 5.11 Å². The predicted octanol–water partition coefficient (Wildman–Crippen LogP) is 4.08. The average Bonchev–Trinajstić information content (AvgIpc) is 2.45. The number of benzene rings is 2. The molecule has 1 atom stereocenters. The molecule has 2 aromatic carbocycles. The molecule has 0 saturated carbocycles. The van der Waals surface area contributed by atoms with Gasteiger partial charge >= 0.3 is 0 Å². The first-order valence-corrected chi connectivity index (χ1v) is 7.64. The van der Waals surface area contributed by atoms with E-state index in [2.05, 4.69) is 43.3 Å². The third kappa shape index (κ3) is 5.09. The molecule has 0 fully saturated rings. The molecule has 0 heterocycles. The van der Waals surface area contributed by atoms with Crippen molar-refractivity contribution >= 4 is 11.8 Å². The topological polar surface area (TPSA) is 20.2 Å². The van der Waals surface area contributed by atoms with E-state index in [9.17, 15) is 5.11 Å². The van der Waals surface area contributed by atoms with Crippen LogP contribution in [0.15, 0.2) is 59.5 Å². The minimum Gasteiger partial charge on any atom is -0.392 e. The summed E-state index contributed by atoms with van der Waals surface area (Å²) in [5.41, 5.74) is 2.57. The number of rotatable bonds is 6. The zero-order valence-electron chi connectivity index (χ0n) is 11.3. The highest BCUT2D eigenvalue weighted by Crippen LogP contribution is 2.20. The summed E-state index contributed by atoms with van der Waals surface area (Å²) < 4.78 is 0. The largest absolute Gasteiger partial charge is 0.392 e. The second-order valence-electron chi connectivity index (χ2n) is 4.80. The van der Waals surface area contributed by atoms with E-state index < -0.39 is 0 Å². The van der Waals surface area contributed by atoms with E-state index in [1.165, 1.54) is 16.0 Å². The second-order valence-corrected chi connectivity index (χ2v) is 5.90. The number of hydrogen-bond acceptors (Lipinski definition) is 2. The fourth-order valence-corrected chi connectivity index (χ4v) is 2.77. The zero-order valence-corrected chi connectivity index (χ0v) is 12.1. The van der Waals surface area contributed by atoms with Crippen LogP contribution >= 0.6 is 11.8 Å². The van der Waals surface area contributed by atoms with Crippen LogP contribution in [0.3, 0.4) is 0 Å². The van der Waals surface area contributed by atoms with Gasteiger partial charge in [0.2, 0.25) is 0 Å². The van der Waals surface area contributed by atoms with Crippen molar-refractivity contribution in [2.75, 3.05) is 5.75 Å². The van der Waals surface area contributed by atoms with Crippen molar-refractivity contribution in [3.63, 3.8) is 0 Å². The van der Waals surface area contributed by atoms with Crippen LogP contribution in [0.2, 0.25) is 0 Å². The third-order valence-electron chi connectivity index (χ3n) is 3.07. The molecule has 2 aromatic rings. The van der Waals surface area contributed by atoms with E-state index in [0.29, 0.717) is 0 Å². The standard InChI is InChI=1S/C17H20OS/c1-14-7-11-17(12-8-14)19-13-16(18)10-9-15-5-3-2-4-6-15/h2-8,11-12,16,18H,9-10,13H2,1H3. The minimum absolute atomic E-state index is 0.244. The van der Waals surface area contributed by atoms with Crippen molar-refractivity contribution in [3.8, 4) is 0 Å². The highest BCUT2D eigenvalue weighted by molar-refractivity contribution is 7.99. The molecule has 100 valence electrons. The Bertz CT molecular complexity index is 478. The summed E-state index contributed by atoms with van der Waals surface area (Å²) in [4.78, 5) is 1.23. The first kappa shape index (κ1) is 14.2. The van der Waals surface area contributed by atoms with E-state index in [0.717, 1.165) is 18.6 Å². The summed E-state index contributed by atoms with van der Waals surface area (Å²) in [5.74, 6) is 0.760. The van der Waals surface area contributed by atoms with Crippen LogP contribution in [-0.2, 0) is 6.42 Å². The van der Waals surface area contributed by atoms with E-state index in [4.69, 9.17) is 0 Å². The van der Waals surface area contributed by atoms with Crippen LogP contribution in [0.1, 0.15) is 17.5 Å². The first-order chi connectivity index (χ1) is 9.24. The van der Waals surface area contributed by atoms with E-state index in [-0.39, 0.29) is 6.10 Å². The molecule has 2 heteroatoms. The number of thioether (sulfide) groups is 1. The van der Waals surface area contributed by atoms with Crippen LogP contribution < -0.4 is 0 Å². The number of hydrogen-bond donors (Lipinski definition) is 1. The molecule has 0 saturated heterocycles. The molecule has 0 aliphatic carbocycles. The number of aliphatic hydroxyl groups is 1. The Hall–Kier alpha value is -1.25. The molecule has 1 N–H and O–H groups in total. The summed E-state index contributed by atoms with van der Waals surface area (Å²) in [6, 6.07) is 18.8. The van der Waals surface area contributed by atoms with Crippen molar-refractivity contribution in [2.45, 2.75) is 30.8 Å². The molecular formula is C17H20OS. The Morgan fingerprint density at radius 3 is 2.37 bits per heavy atom. The van der Waals surface area contributed by atoms with E-state index >= 15 is 0 Å². The summed E-state index contributed by atoms with van der Waals surface area (Å²) in [6.45, 7) is 2.09. The third-order valence-corrected chi connectivity index (χ3v) is 4.23. The number of aryl methyl sites for hydroxylation is 2. The Balaban J connectivity index is 1.72.